The number of ether oxygens (including phenoxy) is 1. The van der Waals surface area contributed by atoms with Crippen LogP contribution in [0.25, 0.3) is 0 Å². The SMILES string of the molecule is CC(CC(=O)Nc1sc2c(c1C#N)CCC(OC(=O)NCc1cccn1C)C2)c1ccccc1. The smallest absolute Gasteiger partial charge is 0.407 e. The van der Waals surface area contributed by atoms with Crippen LogP contribution in [0.15, 0.2) is 48.7 Å². The van der Waals surface area contributed by atoms with E-state index < -0.39 is 6.09 Å². The van der Waals surface area contributed by atoms with Crippen molar-refractivity contribution < 1.29 is 14.3 Å². The number of fused-ring (bicyclic) bond motifs is 1. The number of hydrogen-bond donors (Lipinski definition) is 2. The predicted molar refractivity (Wildman–Crippen MR) is 132 cm³/mol. The number of carbonyl (C=O) groups excluding carboxylic acids is 2. The van der Waals surface area contributed by atoms with Crippen LogP contribution in [0.2, 0.25) is 0 Å². The van der Waals surface area contributed by atoms with E-state index in [0.717, 1.165) is 21.7 Å². The van der Waals surface area contributed by atoms with Crippen LogP contribution in [0, 0.1) is 11.3 Å². The summed E-state index contributed by atoms with van der Waals surface area (Å²) in [5.41, 5.74) is 3.59. The van der Waals surface area contributed by atoms with Crippen molar-refractivity contribution in [2.45, 2.75) is 51.2 Å². The Morgan fingerprint density at radius 2 is 2.06 bits per heavy atom. The average Bonchev–Trinajstić information content (AvgIpc) is 3.39. The van der Waals surface area contributed by atoms with E-state index in [4.69, 9.17) is 4.74 Å². The fourth-order valence-corrected chi connectivity index (χ4v) is 5.53. The molecule has 2 unspecified atom stereocenters. The predicted octanol–water partition coefficient (Wildman–Crippen LogP) is 4.87. The number of amides is 2. The fraction of sp³-hybridized carbons (Fsp3) is 0.346. The largest absolute Gasteiger partial charge is 0.446 e. The molecule has 176 valence electrons. The first-order chi connectivity index (χ1) is 16.4. The first-order valence-electron chi connectivity index (χ1n) is 11.4. The van der Waals surface area contributed by atoms with Gasteiger partial charge in [-0.05, 0) is 42.0 Å². The van der Waals surface area contributed by atoms with Gasteiger partial charge in [-0.3, -0.25) is 4.79 Å². The Hall–Kier alpha value is -3.57. The van der Waals surface area contributed by atoms with Crippen molar-refractivity contribution in [1.29, 1.82) is 5.26 Å². The highest BCUT2D eigenvalue weighted by Crippen LogP contribution is 2.38. The summed E-state index contributed by atoms with van der Waals surface area (Å²) in [5, 5.41) is 16.1. The summed E-state index contributed by atoms with van der Waals surface area (Å²) in [4.78, 5) is 26.0. The fourth-order valence-electron chi connectivity index (χ4n) is 4.25. The average molecular weight is 477 g/mol. The highest BCUT2D eigenvalue weighted by molar-refractivity contribution is 7.16. The molecule has 0 saturated heterocycles. The molecule has 2 heterocycles. The molecule has 0 radical (unpaired) electrons. The van der Waals surface area contributed by atoms with Crippen molar-refractivity contribution in [2.24, 2.45) is 7.05 Å². The molecule has 0 saturated carbocycles. The standard InChI is InChI=1S/C26H28N4O3S/c1-17(18-7-4-3-5-8-18)13-24(31)29-25-22(15-27)21-11-10-20(14-23(21)34-25)33-26(32)28-16-19-9-6-12-30(19)2/h3-9,12,17,20H,10-11,13-14,16H2,1-2H3,(H,28,32)(H,29,31). The van der Waals surface area contributed by atoms with Gasteiger partial charge in [0, 0.05) is 36.7 Å². The van der Waals surface area contributed by atoms with Crippen molar-refractivity contribution in [1.82, 2.24) is 9.88 Å². The molecular formula is C26H28N4O3S. The number of thiophene rings is 1. The number of nitrogens with one attached hydrogen (secondary N) is 2. The number of rotatable bonds is 7. The maximum atomic E-state index is 12.7. The number of carbonyl (C=O) groups is 2. The highest BCUT2D eigenvalue weighted by atomic mass is 32.1. The van der Waals surface area contributed by atoms with Crippen LogP contribution in [0.1, 0.15) is 52.9 Å². The van der Waals surface area contributed by atoms with Crippen LogP contribution in [0.4, 0.5) is 9.80 Å². The number of hydrogen-bond acceptors (Lipinski definition) is 5. The maximum Gasteiger partial charge on any atom is 0.407 e. The van der Waals surface area contributed by atoms with E-state index in [1.165, 1.54) is 11.3 Å². The molecule has 4 rings (SSSR count). The summed E-state index contributed by atoms with van der Waals surface area (Å²) < 4.78 is 7.57. The lowest BCUT2D eigenvalue weighted by Gasteiger charge is -2.22. The topological polar surface area (TPSA) is 96.2 Å². The Morgan fingerprint density at radius 3 is 2.76 bits per heavy atom. The molecule has 7 nitrogen and oxygen atoms in total. The molecule has 0 bridgehead atoms. The molecule has 2 atom stereocenters. The number of aromatic nitrogens is 1. The number of anilines is 1. The molecule has 2 N–H and O–H groups in total. The lowest BCUT2D eigenvalue weighted by Crippen LogP contribution is -2.32. The Balaban J connectivity index is 1.35. The van der Waals surface area contributed by atoms with Gasteiger partial charge >= 0.3 is 6.09 Å². The molecule has 0 aliphatic heterocycles. The van der Waals surface area contributed by atoms with Crippen molar-refractivity contribution in [2.75, 3.05) is 5.32 Å². The third-order valence-corrected chi connectivity index (χ3v) is 7.35. The van der Waals surface area contributed by atoms with Gasteiger partial charge in [-0.1, -0.05) is 37.3 Å². The van der Waals surface area contributed by atoms with Crippen LogP contribution in [-0.4, -0.2) is 22.7 Å². The van der Waals surface area contributed by atoms with Gasteiger partial charge < -0.3 is 19.9 Å². The maximum absolute atomic E-state index is 12.7. The molecule has 3 aromatic rings. The first-order valence-corrected chi connectivity index (χ1v) is 12.2. The molecular weight excluding hydrogens is 448 g/mol. The van der Waals surface area contributed by atoms with E-state index in [-0.39, 0.29) is 17.9 Å². The monoisotopic (exact) mass is 476 g/mol. The summed E-state index contributed by atoms with van der Waals surface area (Å²) >= 11 is 1.41. The Bertz CT molecular complexity index is 1210. The van der Waals surface area contributed by atoms with Gasteiger partial charge in [0.25, 0.3) is 0 Å². The van der Waals surface area contributed by atoms with E-state index in [1.807, 2.05) is 67.2 Å². The third-order valence-electron chi connectivity index (χ3n) is 6.18. The molecule has 34 heavy (non-hydrogen) atoms. The van der Waals surface area contributed by atoms with E-state index in [0.29, 0.717) is 42.8 Å². The lowest BCUT2D eigenvalue weighted by molar-refractivity contribution is -0.116. The molecule has 1 aromatic carbocycles. The Kier molecular flexibility index (Phi) is 7.33. The van der Waals surface area contributed by atoms with E-state index in [2.05, 4.69) is 16.7 Å². The van der Waals surface area contributed by atoms with Crippen LogP contribution in [0.5, 0.6) is 0 Å². The van der Waals surface area contributed by atoms with E-state index in [1.54, 1.807) is 0 Å². The molecule has 1 aliphatic carbocycles. The lowest BCUT2D eigenvalue weighted by atomic mass is 9.93. The molecule has 1 aliphatic rings. The van der Waals surface area contributed by atoms with Gasteiger partial charge in [0.2, 0.25) is 5.91 Å². The second kappa shape index (κ2) is 10.6. The third kappa shape index (κ3) is 5.49. The number of nitriles is 1. The minimum absolute atomic E-state index is 0.0770. The number of alkyl carbamates (subject to hydrolysis) is 1. The zero-order chi connectivity index (χ0) is 24.1. The van der Waals surface area contributed by atoms with E-state index >= 15 is 0 Å². The van der Waals surface area contributed by atoms with Crippen molar-refractivity contribution in [3.8, 4) is 6.07 Å². The zero-order valence-corrected chi connectivity index (χ0v) is 20.2. The molecule has 8 heteroatoms. The van der Waals surface area contributed by atoms with Crippen molar-refractivity contribution in [3.63, 3.8) is 0 Å². The highest BCUT2D eigenvalue weighted by Gasteiger charge is 2.28. The first kappa shape index (κ1) is 23.6. The number of nitrogens with zero attached hydrogens (tertiary/aromatic N) is 2. The van der Waals surface area contributed by atoms with Crippen molar-refractivity contribution in [3.05, 3.63) is 75.9 Å². The summed E-state index contributed by atoms with van der Waals surface area (Å²) in [5.74, 6) is -0.0347. The minimum Gasteiger partial charge on any atom is -0.446 e. The van der Waals surface area contributed by atoms with Gasteiger partial charge in [0.05, 0.1) is 12.1 Å². The van der Waals surface area contributed by atoms with Gasteiger partial charge in [-0.15, -0.1) is 11.3 Å². The summed E-state index contributed by atoms with van der Waals surface area (Å²) in [6, 6.07) is 16.0. The van der Waals surface area contributed by atoms with Gasteiger partial charge in [0.1, 0.15) is 17.2 Å². The molecule has 0 spiro atoms. The van der Waals surface area contributed by atoms with E-state index in [9.17, 15) is 14.9 Å². The van der Waals surface area contributed by atoms with Crippen LogP contribution in [-0.2, 0) is 36.0 Å². The Morgan fingerprint density at radius 1 is 1.26 bits per heavy atom. The van der Waals surface area contributed by atoms with Crippen LogP contribution in [0.3, 0.4) is 0 Å². The number of aryl methyl sites for hydroxylation is 1. The summed E-state index contributed by atoms with van der Waals surface area (Å²) in [7, 11) is 1.92. The van der Waals surface area contributed by atoms with Crippen molar-refractivity contribution >= 4 is 28.3 Å². The molecule has 2 amide bonds. The second-order valence-electron chi connectivity index (χ2n) is 8.62. The quantitative estimate of drug-likeness (QED) is 0.508. The molecule has 2 aromatic heterocycles. The zero-order valence-electron chi connectivity index (χ0n) is 19.3. The van der Waals surface area contributed by atoms with Gasteiger partial charge in [-0.25, -0.2) is 4.79 Å². The molecule has 0 fully saturated rings. The second-order valence-corrected chi connectivity index (χ2v) is 9.72. The van der Waals surface area contributed by atoms with Crippen LogP contribution >= 0.6 is 11.3 Å². The minimum atomic E-state index is -0.449. The van der Waals surface area contributed by atoms with Gasteiger partial charge in [-0.2, -0.15) is 5.26 Å². The normalized spacial score (nSPS) is 15.6. The number of benzene rings is 1. The van der Waals surface area contributed by atoms with Crippen LogP contribution < -0.4 is 10.6 Å². The van der Waals surface area contributed by atoms with Gasteiger partial charge in [0.15, 0.2) is 0 Å². The Labute approximate surface area is 203 Å². The summed E-state index contributed by atoms with van der Waals surface area (Å²) in [6.07, 6.45) is 3.39. The summed E-state index contributed by atoms with van der Waals surface area (Å²) in [6.45, 7) is 2.42.